The van der Waals surface area contributed by atoms with Crippen molar-refractivity contribution < 1.29 is 19.5 Å². The largest absolute Gasteiger partial charge is 0.480 e. The van der Waals surface area contributed by atoms with Gasteiger partial charge in [0.25, 0.3) is 5.91 Å². The number of benzene rings is 1. The molecule has 1 aromatic rings. The molecule has 1 aromatic carbocycles. The molecular formula is C13H13N3O4. The first-order valence-corrected chi connectivity index (χ1v) is 5.57. The van der Waals surface area contributed by atoms with Gasteiger partial charge in [-0.25, -0.2) is 9.59 Å². The second-order valence-electron chi connectivity index (χ2n) is 3.84. The fourth-order valence-corrected chi connectivity index (χ4v) is 1.41. The number of terminal acetylenes is 1. The molecule has 3 amide bonds. The van der Waals surface area contributed by atoms with Crippen LogP contribution >= 0.6 is 0 Å². The van der Waals surface area contributed by atoms with E-state index in [1.165, 1.54) is 24.3 Å². The summed E-state index contributed by atoms with van der Waals surface area (Å²) >= 11 is 0. The van der Waals surface area contributed by atoms with Crippen LogP contribution in [0.5, 0.6) is 0 Å². The van der Waals surface area contributed by atoms with Gasteiger partial charge < -0.3 is 21.5 Å². The number of primary amides is 1. The Bertz CT molecular complexity index is 560. The summed E-state index contributed by atoms with van der Waals surface area (Å²) in [6.07, 6.45) is 4.92. The van der Waals surface area contributed by atoms with Gasteiger partial charge in [0.15, 0.2) is 0 Å². The molecule has 0 aliphatic heterocycles. The second-order valence-corrected chi connectivity index (χ2v) is 3.84. The Kier molecular flexibility index (Phi) is 5.12. The van der Waals surface area contributed by atoms with Crippen LogP contribution in [-0.4, -0.2) is 29.1 Å². The normalized spacial score (nSPS) is 10.9. The van der Waals surface area contributed by atoms with E-state index in [1.807, 2.05) is 0 Å². The molecule has 0 aliphatic rings. The highest BCUT2D eigenvalue weighted by Gasteiger charge is 2.19. The van der Waals surface area contributed by atoms with Gasteiger partial charge in [0.1, 0.15) is 6.04 Å². The molecule has 5 N–H and O–H groups in total. The van der Waals surface area contributed by atoms with E-state index in [4.69, 9.17) is 17.3 Å². The van der Waals surface area contributed by atoms with Crippen molar-refractivity contribution in [3.05, 3.63) is 29.8 Å². The number of nitrogens with two attached hydrogens (primary N) is 1. The third-order valence-electron chi connectivity index (χ3n) is 2.34. The van der Waals surface area contributed by atoms with Gasteiger partial charge >= 0.3 is 12.0 Å². The molecule has 0 saturated carbocycles. The van der Waals surface area contributed by atoms with E-state index in [9.17, 15) is 14.4 Å². The van der Waals surface area contributed by atoms with Gasteiger partial charge in [-0.05, 0) is 24.3 Å². The first kappa shape index (κ1) is 15.0. The first-order chi connectivity index (χ1) is 9.43. The van der Waals surface area contributed by atoms with Gasteiger partial charge in [-0.3, -0.25) is 4.79 Å². The zero-order valence-corrected chi connectivity index (χ0v) is 10.4. The van der Waals surface area contributed by atoms with Crippen LogP contribution in [0.3, 0.4) is 0 Å². The summed E-state index contributed by atoms with van der Waals surface area (Å²) in [5.74, 6) is 0.403. The van der Waals surface area contributed by atoms with Crippen molar-refractivity contribution in [1.82, 2.24) is 5.32 Å². The molecule has 1 rings (SSSR count). The molecule has 0 aliphatic carbocycles. The van der Waals surface area contributed by atoms with Crippen LogP contribution in [0.15, 0.2) is 24.3 Å². The molecule has 1 unspecified atom stereocenters. The van der Waals surface area contributed by atoms with Gasteiger partial charge in [-0.1, -0.05) is 0 Å². The van der Waals surface area contributed by atoms with Crippen molar-refractivity contribution in [1.29, 1.82) is 0 Å². The standard InChI is InChI=1S/C13H13N3O4/c1-2-3-10(12(18)19)16-11(17)8-4-6-9(7-5-8)15-13(14)20/h1,4-7,10H,3H2,(H,16,17)(H,18,19)(H3,14,15,20). The monoisotopic (exact) mass is 275 g/mol. The fraction of sp³-hybridized carbons (Fsp3) is 0.154. The molecule has 0 heterocycles. The zero-order valence-electron chi connectivity index (χ0n) is 10.4. The lowest BCUT2D eigenvalue weighted by molar-refractivity contribution is -0.139. The lowest BCUT2D eigenvalue weighted by atomic mass is 10.1. The number of amides is 3. The van der Waals surface area contributed by atoms with E-state index in [0.29, 0.717) is 5.69 Å². The minimum atomic E-state index is -1.21. The topological polar surface area (TPSA) is 122 Å². The van der Waals surface area contributed by atoms with E-state index in [0.717, 1.165) is 0 Å². The molecule has 7 nitrogen and oxygen atoms in total. The highest BCUT2D eigenvalue weighted by molar-refractivity contribution is 5.97. The first-order valence-electron chi connectivity index (χ1n) is 5.57. The molecular weight excluding hydrogens is 262 g/mol. The molecule has 0 fully saturated rings. The SMILES string of the molecule is C#CCC(NC(=O)c1ccc(NC(N)=O)cc1)C(=O)O. The molecule has 0 spiro atoms. The average Bonchev–Trinajstić information content (AvgIpc) is 2.38. The van der Waals surface area contributed by atoms with Crippen LogP contribution in [0.2, 0.25) is 0 Å². The Balaban J connectivity index is 2.75. The summed E-state index contributed by atoms with van der Waals surface area (Å²) in [6.45, 7) is 0. The van der Waals surface area contributed by atoms with Crippen molar-refractivity contribution >= 4 is 23.6 Å². The number of carboxylic acids is 1. The van der Waals surface area contributed by atoms with Gasteiger partial charge in [-0.15, -0.1) is 12.3 Å². The lowest BCUT2D eigenvalue weighted by Crippen LogP contribution is -2.40. The number of anilines is 1. The summed E-state index contributed by atoms with van der Waals surface area (Å²) in [6, 6.07) is 3.93. The lowest BCUT2D eigenvalue weighted by Gasteiger charge is -2.12. The summed E-state index contributed by atoms with van der Waals surface area (Å²) in [4.78, 5) is 33.3. The highest BCUT2D eigenvalue weighted by Crippen LogP contribution is 2.09. The van der Waals surface area contributed by atoms with E-state index in [1.54, 1.807) is 0 Å². The van der Waals surface area contributed by atoms with Crippen LogP contribution in [0.25, 0.3) is 0 Å². The molecule has 7 heteroatoms. The number of aliphatic carboxylic acids is 1. The van der Waals surface area contributed by atoms with E-state index in [-0.39, 0.29) is 12.0 Å². The van der Waals surface area contributed by atoms with Crippen LogP contribution in [0, 0.1) is 12.3 Å². The van der Waals surface area contributed by atoms with Crippen molar-refractivity contribution in [2.75, 3.05) is 5.32 Å². The van der Waals surface area contributed by atoms with Gasteiger partial charge in [-0.2, -0.15) is 0 Å². The summed E-state index contributed by atoms with van der Waals surface area (Å²) in [7, 11) is 0. The van der Waals surface area contributed by atoms with Crippen molar-refractivity contribution in [3.8, 4) is 12.3 Å². The smallest absolute Gasteiger partial charge is 0.327 e. The molecule has 0 bridgehead atoms. The maximum Gasteiger partial charge on any atom is 0.327 e. The molecule has 104 valence electrons. The van der Waals surface area contributed by atoms with Gasteiger partial charge in [0.2, 0.25) is 0 Å². The second kappa shape index (κ2) is 6.80. The molecule has 1 atom stereocenters. The Hall–Kier alpha value is -3.01. The number of hydrogen-bond donors (Lipinski definition) is 4. The predicted molar refractivity (Wildman–Crippen MR) is 72.0 cm³/mol. The Morgan fingerprint density at radius 1 is 1.30 bits per heavy atom. The number of carboxylic acid groups (broad SMARTS) is 1. The highest BCUT2D eigenvalue weighted by atomic mass is 16.4. The molecule has 0 aromatic heterocycles. The number of rotatable bonds is 5. The van der Waals surface area contributed by atoms with Gasteiger partial charge in [0, 0.05) is 17.7 Å². The number of urea groups is 1. The summed E-state index contributed by atoms with van der Waals surface area (Å²) in [5.41, 5.74) is 5.60. The van der Waals surface area contributed by atoms with Crippen LogP contribution < -0.4 is 16.4 Å². The van der Waals surface area contributed by atoms with Crippen LogP contribution in [-0.2, 0) is 4.79 Å². The maximum atomic E-state index is 11.8. The van der Waals surface area contributed by atoms with Crippen molar-refractivity contribution in [2.45, 2.75) is 12.5 Å². The van der Waals surface area contributed by atoms with E-state index in [2.05, 4.69) is 16.6 Å². The average molecular weight is 275 g/mol. The summed E-state index contributed by atoms with van der Waals surface area (Å²) < 4.78 is 0. The van der Waals surface area contributed by atoms with Gasteiger partial charge in [0.05, 0.1) is 0 Å². The molecule has 0 saturated heterocycles. The van der Waals surface area contributed by atoms with Crippen molar-refractivity contribution in [2.24, 2.45) is 5.73 Å². The van der Waals surface area contributed by atoms with Crippen molar-refractivity contribution in [3.63, 3.8) is 0 Å². The Labute approximate surface area is 115 Å². The quantitative estimate of drug-likeness (QED) is 0.580. The summed E-state index contributed by atoms with van der Waals surface area (Å²) in [5, 5.41) is 13.5. The van der Waals surface area contributed by atoms with E-state index >= 15 is 0 Å². The number of carbonyl (C=O) groups excluding carboxylic acids is 2. The Morgan fingerprint density at radius 2 is 1.90 bits per heavy atom. The number of carbonyl (C=O) groups is 3. The zero-order chi connectivity index (χ0) is 15.1. The predicted octanol–water partition coefficient (Wildman–Crippen LogP) is 0.383. The molecule has 0 radical (unpaired) electrons. The number of hydrogen-bond acceptors (Lipinski definition) is 3. The minimum absolute atomic E-state index is 0.109. The van der Waals surface area contributed by atoms with Crippen LogP contribution in [0.4, 0.5) is 10.5 Å². The number of nitrogens with one attached hydrogen (secondary N) is 2. The molecule has 20 heavy (non-hydrogen) atoms. The third kappa shape index (κ3) is 4.34. The maximum absolute atomic E-state index is 11.8. The fourth-order valence-electron chi connectivity index (χ4n) is 1.41. The third-order valence-corrected chi connectivity index (χ3v) is 2.34. The van der Waals surface area contributed by atoms with Crippen LogP contribution in [0.1, 0.15) is 16.8 Å². The van der Waals surface area contributed by atoms with E-state index < -0.39 is 23.9 Å². The Morgan fingerprint density at radius 3 is 2.35 bits per heavy atom. The minimum Gasteiger partial charge on any atom is -0.480 e.